The molecule has 0 radical (unpaired) electrons. The Labute approximate surface area is 151 Å². The number of hydrogen-bond acceptors (Lipinski definition) is 5. The van der Waals surface area contributed by atoms with Crippen LogP contribution in [0.25, 0.3) is 0 Å². The number of aliphatic carboxylic acids is 1. The van der Waals surface area contributed by atoms with E-state index in [0.29, 0.717) is 12.1 Å². The van der Waals surface area contributed by atoms with Crippen LogP contribution in [0.4, 0.5) is 18.9 Å². The van der Waals surface area contributed by atoms with Crippen LogP contribution in [0.2, 0.25) is 0 Å². The fraction of sp³-hybridized carbons (Fsp3) is 0.167. The number of alkyl halides is 3. The van der Waals surface area contributed by atoms with Gasteiger partial charge in [0.25, 0.3) is 0 Å². The summed E-state index contributed by atoms with van der Waals surface area (Å²) in [7, 11) is -3.96. The monoisotopic (exact) mass is 492 g/mol. The summed E-state index contributed by atoms with van der Waals surface area (Å²) in [6.45, 7) is 0. The van der Waals surface area contributed by atoms with Crippen molar-refractivity contribution in [3.63, 3.8) is 0 Å². The molecule has 0 saturated carbocycles. The molecule has 2 N–H and O–H groups in total. The van der Waals surface area contributed by atoms with E-state index in [0.717, 1.165) is 18.5 Å². The summed E-state index contributed by atoms with van der Waals surface area (Å²) < 4.78 is 61.2. The number of carbonyl (C=O) groups is 1. The highest BCUT2D eigenvalue weighted by Gasteiger charge is 2.32. The van der Waals surface area contributed by atoms with Crippen LogP contribution in [-0.4, -0.2) is 32.0 Å². The minimum Gasteiger partial charge on any atom is -0.477 e. The van der Waals surface area contributed by atoms with Crippen molar-refractivity contribution in [1.82, 2.24) is 0 Å². The van der Waals surface area contributed by atoms with Crippen molar-refractivity contribution in [2.45, 2.75) is 11.1 Å². The van der Waals surface area contributed by atoms with Crippen molar-refractivity contribution in [3.8, 4) is 0 Å². The lowest BCUT2D eigenvalue weighted by molar-refractivity contribution is -0.137. The van der Waals surface area contributed by atoms with Crippen LogP contribution in [0.5, 0.6) is 0 Å². The van der Waals surface area contributed by atoms with Crippen molar-refractivity contribution in [2.75, 3.05) is 11.7 Å². The zero-order valence-electron chi connectivity index (χ0n) is 11.7. The molecule has 0 aromatic heterocycles. The van der Waals surface area contributed by atoms with Gasteiger partial charge in [-0.05, 0) is 50.1 Å². The average Bonchev–Trinajstić information content (AvgIpc) is 2.44. The van der Waals surface area contributed by atoms with Gasteiger partial charge in [-0.1, -0.05) is 0 Å². The zero-order valence-corrected chi connectivity index (χ0v) is 15.7. The smallest absolute Gasteiger partial charge is 0.416 e. The van der Waals surface area contributed by atoms with Crippen LogP contribution in [0.1, 0.15) is 5.56 Å². The summed E-state index contributed by atoms with van der Waals surface area (Å²) in [4.78, 5) is 10.1. The van der Waals surface area contributed by atoms with Crippen molar-refractivity contribution < 1.29 is 31.5 Å². The third-order valence-corrected chi connectivity index (χ3v) is 5.51. The number of halogens is 5. The number of carboxylic acid groups (broad SMARTS) is 1. The third kappa shape index (κ3) is 5.60. The molecular weight excluding hydrogens is 485 g/mol. The van der Waals surface area contributed by atoms with E-state index in [1.165, 1.54) is 0 Å². The maximum Gasteiger partial charge on any atom is 0.416 e. The normalized spacial score (nSPS) is 13.8. The van der Waals surface area contributed by atoms with Crippen LogP contribution in [-0.2, 0) is 20.8 Å². The predicted octanol–water partition coefficient (Wildman–Crippen LogP) is 3.59. The van der Waals surface area contributed by atoms with Gasteiger partial charge in [0.15, 0.2) is 9.84 Å². The topological polar surface area (TPSA) is 95.8 Å². The summed E-state index contributed by atoms with van der Waals surface area (Å²) in [5.41, 5.74) is 0.963. The minimum absolute atomic E-state index is 0.0234. The Kier molecular flexibility index (Phi) is 6.59. The molecule has 1 aromatic carbocycles. The molecule has 1 rings (SSSR count). The molecule has 0 aliphatic carbocycles. The van der Waals surface area contributed by atoms with E-state index in [-0.39, 0.29) is 14.7 Å². The lowest BCUT2D eigenvalue weighted by Gasteiger charge is -2.12. The first-order valence-electron chi connectivity index (χ1n) is 5.83. The Morgan fingerprint density at radius 2 is 1.92 bits per heavy atom. The van der Waals surface area contributed by atoms with Crippen molar-refractivity contribution in [1.29, 1.82) is 0 Å². The summed E-state index contributed by atoms with van der Waals surface area (Å²) in [6.07, 6.45) is -2.94. The number of anilines is 1. The number of nitrogens with zero attached hydrogens (tertiary/aromatic N) is 1. The maximum atomic E-state index is 12.7. The zero-order chi connectivity index (χ0) is 18.7. The number of hydrazone groups is 1. The Bertz CT molecular complexity index is 820. The second-order valence-electron chi connectivity index (χ2n) is 4.32. The average molecular weight is 494 g/mol. The highest BCUT2D eigenvalue weighted by molar-refractivity contribution is 9.14. The lowest BCUT2D eigenvalue weighted by atomic mass is 10.2. The first-order valence-corrected chi connectivity index (χ1v) is 9.30. The van der Waals surface area contributed by atoms with Crippen molar-refractivity contribution in [3.05, 3.63) is 32.7 Å². The van der Waals surface area contributed by atoms with Gasteiger partial charge in [0.05, 0.1) is 26.8 Å². The van der Waals surface area contributed by atoms with Crippen LogP contribution >= 0.6 is 31.9 Å². The number of sulfone groups is 1. The van der Waals surface area contributed by atoms with Crippen molar-refractivity contribution in [2.24, 2.45) is 5.10 Å². The van der Waals surface area contributed by atoms with Gasteiger partial charge >= 0.3 is 12.1 Å². The van der Waals surface area contributed by atoms with E-state index < -0.39 is 32.4 Å². The SMILES string of the molecule is CS(=O)(=O)c1cc(C(F)(F)F)ccc1NN=CC(Br)=C(Br)C(=O)O. The Balaban J connectivity index is 3.22. The first kappa shape index (κ1) is 20.6. The number of benzene rings is 1. The van der Waals surface area contributed by atoms with E-state index in [4.69, 9.17) is 5.11 Å². The molecule has 0 spiro atoms. The van der Waals surface area contributed by atoms with E-state index in [2.05, 4.69) is 42.4 Å². The van der Waals surface area contributed by atoms with E-state index >= 15 is 0 Å². The third-order valence-electron chi connectivity index (χ3n) is 2.47. The predicted molar refractivity (Wildman–Crippen MR) is 89.2 cm³/mol. The van der Waals surface area contributed by atoms with Gasteiger partial charge < -0.3 is 5.11 Å². The Hall–Kier alpha value is -1.40. The van der Waals surface area contributed by atoms with E-state index in [1.807, 2.05) is 0 Å². The minimum atomic E-state index is -4.70. The Morgan fingerprint density at radius 3 is 2.38 bits per heavy atom. The molecule has 132 valence electrons. The molecule has 0 amide bonds. The van der Waals surface area contributed by atoms with Gasteiger partial charge in [-0.15, -0.1) is 0 Å². The molecule has 0 heterocycles. The molecule has 0 aliphatic heterocycles. The van der Waals surface area contributed by atoms with Gasteiger partial charge in [0, 0.05) is 6.26 Å². The molecule has 0 fully saturated rings. The molecule has 0 atom stereocenters. The fourth-order valence-electron chi connectivity index (χ4n) is 1.42. The van der Waals surface area contributed by atoms with E-state index in [9.17, 15) is 26.4 Å². The van der Waals surface area contributed by atoms with Gasteiger partial charge in [-0.2, -0.15) is 18.3 Å². The molecular formula is C12H9Br2F3N2O4S. The number of allylic oxidation sites excluding steroid dienone is 1. The van der Waals surface area contributed by atoms with Crippen LogP contribution < -0.4 is 5.43 Å². The second-order valence-corrected chi connectivity index (χ2v) is 7.95. The lowest BCUT2D eigenvalue weighted by Crippen LogP contribution is -2.09. The second kappa shape index (κ2) is 7.66. The highest BCUT2D eigenvalue weighted by atomic mass is 79.9. The summed E-state index contributed by atoms with van der Waals surface area (Å²) >= 11 is 5.67. The molecule has 24 heavy (non-hydrogen) atoms. The molecule has 6 nitrogen and oxygen atoms in total. The van der Waals surface area contributed by atoms with Gasteiger partial charge in [0.2, 0.25) is 0 Å². The van der Waals surface area contributed by atoms with Crippen LogP contribution in [0.15, 0.2) is 37.2 Å². The van der Waals surface area contributed by atoms with Crippen LogP contribution in [0, 0.1) is 0 Å². The first-order chi connectivity index (χ1) is 10.8. The summed E-state index contributed by atoms with van der Waals surface area (Å²) in [6, 6.07) is 2.11. The summed E-state index contributed by atoms with van der Waals surface area (Å²) in [5, 5.41) is 12.3. The van der Waals surface area contributed by atoms with Gasteiger partial charge in [0.1, 0.15) is 4.48 Å². The number of carboxylic acids is 1. The van der Waals surface area contributed by atoms with Gasteiger partial charge in [-0.25, -0.2) is 13.2 Å². The molecule has 0 aliphatic rings. The number of rotatable bonds is 5. The standard InChI is InChI=1S/C12H9Br2F3N2O4S/c1-24(22,23)9-4-6(12(15,16)17)2-3-8(9)19-18-5-7(13)10(14)11(20)21/h2-5,19H,1H3,(H,20,21). The quantitative estimate of drug-likeness (QED) is 0.371. The highest BCUT2D eigenvalue weighted by Crippen LogP contribution is 2.33. The molecule has 0 saturated heterocycles. The van der Waals surface area contributed by atoms with Crippen molar-refractivity contribution >= 4 is 59.6 Å². The number of hydrogen-bond donors (Lipinski definition) is 2. The number of nitrogens with one attached hydrogen (secondary N) is 1. The Morgan fingerprint density at radius 1 is 1.33 bits per heavy atom. The molecule has 1 aromatic rings. The van der Waals surface area contributed by atoms with E-state index in [1.54, 1.807) is 0 Å². The summed E-state index contributed by atoms with van der Waals surface area (Å²) in [5.74, 6) is -1.28. The maximum absolute atomic E-state index is 12.7. The molecule has 0 bridgehead atoms. The van der Waals surface area contributed by atoms with Gasteiger partial charge in [-0.3, -0.25) is 5.43 Å². The molecule has 12 heteroatoms. The fourth-order valence-corrected chi connectivity index (χ4v) is 2.64. The van der Waals surface area contributed by atoms with Crippen LogP contribution in [0.3, 0.4) is 0 Å². The molecule has 0 unspecified atom stereocenters. The largest absolute Gasteiger partial charge is 0.477 e.